The van der Waals surface area contributed by atoms with Gasteiger partial charge in [0.2, 0.25) is 0 Å². The van der Waals surface area contributed by atoms with Crippen molar-refractivity contribution in [2.24, 2.45) is 10.7 Å². The van der Waals surface area contributed by atoms with Crippen LogP contribution in [0, 0.1) is 18.3 Å². The smallest absolute Gasteiger partial charge is 0.390 e. The quantitative estimate of drug-likeness (QED) is 0.262. The predicted octanol–water partition coefficient (Wildman–Crippen LogP) is 4.71. The number of nitrogens with one attached hydrogen (secondary N) is 1. The second-order valence-corrected chi connectivity index (χ2v) is 9.85. The molecule has 0 spiro atoms. The van der Waals surface area contributed by atoms with E-state index in [1.54, 1.807) is 11.0 Å². The van der Waals surface area contributed by atoms with E-state index < -0.39 is 31.1 Å². The van der Waals surface area contributed by atoms with Gasteiger partial charge in [0.1, 0.15) is 23.6 Å². The normalized spacial score (nSPS) is 19.2. The van der Waals surface area contributed by atoms with E-state index in [1.165, 1.54) is 0 Å². The molecule has 186 valence electrons. The molecule has 5 N–H and O–H groups in total. The zero-order valence-electron chi connectivity index (χ0n) is 18.7. The Hall–Kier alpha value is -3.17. The first kappa shape index (κ1) is 24.9. The summed E-state index contributed by atoms with van der Waals surface area (Å²) in [5, 5.41) is 9.98. The number of anilines is 1. The van der Waals surface area contributed by atoms with Gasteiger partial charge in [-0.15, -0.1) is 11.3 Å². The number of amidine groups is 1. The van der Waals surface area contributed by atoms with Crippen molar-refractivity contribution in [3.8, 4) is 6.07 Å². The summed E-state index contributed by atoms with van der Waals surface area (Å²) in [6.07, 6.45) is -5.56. The molecule has 35 heavy (non-hydrogen) atoms. The standard InChI is InChI=1S/C23H23F5N6S/c1-12-13(2-3-18-16(12)6-14(9-29)32-18)10-34-5-4-19(22(24,25)11-34)33-20(30)17-7-15(35-21(17)31)8-23(26,27)28/h2-3,6-7,19,32H,4-5,8,10-11,31H2,1H3,(H2,30,33). The Bertz CT molecular complexity index is 1320. The lowest BCUT2D eigenvalue weighted by Crippen LogP contribution is -2.51. The zero-order valence-corrected chi connectivity index (χ0v) is 19.5. The average Bonchev–Trinajstić information content (AvgIpc) is 3.34. The number of likely N-dealkylation sites (tertiary alicyclic amines) is 1. The van der Waals surface area contributed by atoms with Crippen molar-refractivity contribution in [2.75, 3.05) is 18.8 Å². The van der Waals surface area contributed by atoms with Gasteiger partial charge in [-0.25, -0.2) is 8.78 Å². The summed E-state index contributed by atoms with van der Waals surface area (Å²) >= 11 is 0.719. The molecule has 1 aromatic carbocycles. The summed E-state index contributed by atoms with van der Waals surface area (Å²) in [6, 6.07) is 7.23. The molecular weight excluding hydrogens is 487 g/mol. The molecule has 6 nitrogen and oxygen atoms in total. The number of nitrogens with zero attached hydrogens (tertiary/aromatic N) is 3. The highest BCUT2D eigenvalue weighted by Crippen LogP contribution is 2.34. The minimum Gasteiger partial charge on any atom is -0.390 e. The van der Waals surface area contributed by atoms with Crippen LogP contribution in [0.3, 0.4) is 0 Å². The largest absolute Gasteiger partial charge is 0.393 e. The zero-order chi connectivity index (χ0) is 25.5. The van der Waals surface area contributed by atoms with Gasteiger partial charge in [-0.05, 0) is 42.7 Å². The topological polar surface area (TPSA) is 107 Å². The third-order valence-corrected chi connectivity index (χ3v) is 7.06. The van der Waals surface area contributed by atoms with Crippen LogP contribution in [0.4, 0.5) is 27.0 Å². The second-order valence-electron chi connectivity index (χ2n) is 8.68. The van der Waals surface area contributed by atoms with E-state index in [-0.39, 0.29) is 27.7 Å². The molecule has 0 amide bonds. The first-order valence-electron chi connectivity index (χ1n) is 10.8. The van der Waals surface area contributed by atoms with Gasteiger partial charge in [0.05, 0.1) is 23.5 Å². The van der Waals surface area contributed by atoms with Gasteiger partial charge >= 0.3 is 6.18 Å². The van der Waals surface area contributed by atoms with Crippen molar-refractivity contribution in [3.05, 3.63) is 51.5 Å². The Morgan fingerprint density at radius 2 is 2.09 bits per heavy atom. The lowest BCUT2D eigenvalue weighted by atomic mass is 9.98. The highest BCUT2D eigenvalue weighted by atomic mass is 32.1. The molecule has 1 atom stereocenters. The van der Waals surface area contributed by atoms with Crippen LogP contribution in [0.15, 0.2) is 29.3 Å². The van der Waals surface area contributed by atoms with Gasteiger partial charge in [-0.1, -0.05) is 6.07 Å². The number of aryl methyl sites for hydroxylation is 1. The Balaban J connectivity index is 1.47. The minimum absolute atomic E-state index is 0.0152. The van der Waals surface area contributed by atoms with E-state index >= 15 is 8.78 Å². The first-order chi connectivity index (χ1) is 16.4. The molecule has 3 aromatic rings. The van der Waals surface area contributed by atoms with Crippen LogP contribution in [-0.4, -0.2) is 46.9 Å². The Morgan fingerprint density at radius 3 is 2.74 bits per heavy atom. The number of aromatic amines is 1. The summed E-state index contributed by atoms with van der Waals surface area (Å²) in [5.74, 6) is -3.48. The maximum atomic E-state index is 15.0. The van der Waals surface area contributed by atoms with Crippen molar-refractivity contribution >= 4 is 33.1 Å². The Morgan fingerprint density at radius 1 is 1.34 bits per heavy atom. The van der Waals surface area contributed by atoms with Crippen LogP contribution in [0.5, 0.6) is 0 Å². The molecule has 1 fully saturated rings. The second kappa shape index (κ2) is 9.13. The Labute approximate surface area is 202 Å². The summed E-state index contributed by atoms with van der Waals surface area (Å²) < 4.78 is 68.0. The molecule has 2 aromatic heterocycles. The van der Waals surface area contributed by atoms with Crippen LogP contribution < -0.4 is 11.5 Å². The number of thiophene rings is 1. The van der Waals surface area contributed by atoms with Crippen LogP contribution in [0.25, 0.3) is 10.9 Å². The van der Waals surface area contributed by atoms with Gasteiger partial charge in [0.25, 0.3) is 5.92 Å². The van der Waals surface area contributed by atoms with E-state index in [0.29, 0.717) is 18.8 Å². The Kier molecular flexibility index (Phi) is 6.50. The molecule has 0 aliphatic carbocycles. The number of hydrogen-bond acceptors (Lipinski definition) is 5. The number of piperidine rings is 1. The highest BCUT2D eigenvalue weighted by molar-refractivity contribution is 7.16. The number of fused-ring (bicyclic) bond motifs is 1. The van der Waals surface area contributed by atoms with Crippen LogP contribution in [0.1, 0.15) is 33.7 Å². The van der Waals surface area contributed by atoms with Gasteiger partial charge in [-0.2, -0.15) is 18.4 Å². The predicted molar refractivity (Wildman–Crippen MR) is 126 cm³/mol. The first-order valence-corrected chi connectivity index (χ1v) is 11.6. The molecule has 12 heteroatoms. The molecule has 3 heterocycles. The third kappa shape index (κ3) is 5.41. The summed E-state index contributed by atoms with van der Waals surface area (Å²) in [7, 11) is 0. The number of nitrogens with two attached hydrogens (primary N) is 2. The van der Waals surface area contributed by atoms with E-state index in [1.807, 2.05) is 19.1 Å². The number of nitrogen functional groups attached to an aromatic ring is 1. The number of aliphatic imine (C=N–C) groups is 1. The number of aromatic nitrogens is 1. The maximum Gasteiger partial charge on any atom is 0.393 e. The molecular formula is C23H23F5N6S. The van der Waals surface area contributed by atoms with Gasteiger partial charge in [0, 0.05) is 28.9 Å². The van der Waals surface area contributed by atoms with Crippen LogP contribution >= 0.6 is 11.3 Å². The average molecular weight is 511 g/mol. The molecule has 0 radical (unpaired) electrons. The lowest BCUT2D eigenvalue weighted by molar-refractivity contribution is -0.126. The summed E-state index contributed by atoms with van der Waals surface area (Å²) in [6.45, 7) is 1.99. The number of halogens is 5. The third-order valence-electron chi connectivity index (χ3n) is 6.10. The number of benzene rings is 1. The fraction of sp³-hybridized carbons (Fsp3) is 0.391. The number of hydrogen-bond donors (Lipinski definition) is 3. The van der Waals surface area contributed by atoms with E-state index in [4.69, 9.17) is 16.7 Å². The fourth-order valence-corrected chi connectivity index (χ4v) is 5.31. The minimum atomic E-state index is -4.41. The highest BCUT2D eigenvalue weighted by Gasteiger charge is 2.45. The van der Waals surface area contributed by atoms with Crippen molar-refractivity contribution in [1.29, 1.82) is 5.26 Å². The summed E-state index contributed by atoms with van der Waals surface area (Å²) in [4.78, 5) is 8.55. The maximum absolute atomic E-state index is 15.0. The van der Waals surface area contributed by atoms with E-state index in [0.717, 1.165) is 39.4 Å². The molecule has 1 unspecified atom stereocenters. The number of nitriles is 1. The van der Waals surface area contributed by atoms with Crippen LogP contribution in [-0.2, 0) is 13.0 Å². The van der Waals surface area contributed by atoms with Crippen molar-refractivity contribution in [1.82, 2.24) is 9.88 Å². The molecule has 1 aliphatic heterocycles. The molecule has 1 aliphatic rings. The number of rotatable bonds is 5. The number of H-pyrrole nitrogens is 1. The monoisotopic (exact) mass is 510 g/mol. The van der Waals surface area contributed by atoms with Crippen molar-refractivity contribution < 1.29 is 22.0 Å². The molecule has 0 saturated carbocycles. The fourth-order valence-electron chi connectivity index (χ4n) is 4.34. The van der Waals surface area contributed by atoms with Gasteiger partial charge in [-0.3, -0.25) is 9.89 Å². The van der Waals surface area contributed by atoms with Gasteiger partial charge in [0.15, 0.2) is 0 Å². The van der Waals surface area contributed by atoms with Gasteiger partial charge < -0.3 is 16.5 Å². The summed E-state index contributed by atoms with van der Waals surface area (Å²) in [5.41, 5.74) is 14.8. The van der Waals surface area contributed by atoms with E-state index in [2.05, 4.69) is 16.0 Å². The van der Waals surface area contributed by atoms with Crippen molar-refractivity contribution in [3.63, 3.8) is 0 Å². The van der Waals surface area contributed by atoms with Crippen LogP contribution in [0.2, 0.25) is 0 Å². The van der Waals surface area contributed by atoms with Crippen molar-refractivity contribution in [2.45, 2.75) is 44.5 Å². The molecule has 0 bridgehead atoms. The number of alkyl halides is 5. The van der Waals surface area contributed by atoms with E-state index in [9.17, 15) is 13.2 Å². The molecule has 1 saturated heterocycles. The molecule has 4 rings (SSSR count). The lowest BCUT2D eigenvalue weighted by Gasteiger charge is -2.37. The SMILES string of the molecule is Cc1c(CN2CCC(N=C(N)c3cc(CC(F)(F)F)sc3N)C(F)(F)C2)ccc2[nH]c(C#N)cc12.